The minimum absolute atomic E-state index is 0.00315. The highest BCUT2D eigenvalue weighted by atomic mass is 16.1. The van der Waals surface area contributed by atoms with Gasteiger partial charge >= 0.3 is 0 Å². The van der Waals surface area contributed by atoms with Crippen LogP contribution in [0.1, 0.15) is 43.1 Å². The van der Waals surface area contributed by atoms with E-state index in [9.17, 15) is 4.79 Å². The van der Waals surface area contributed by atoms with Crippen molar-refractivity contribution in [2.24, 2.45) is 0 Å². The highest BCUT2D eigenvalue weighted by Crippen LogP contribution is 2.35. The molecule has 29 heavy (non-hydrogen) atoms. The van der Waals surface area contributed by atoms with Crippen LogP contribution in [0, 0.1) is 0 Å². The van der Waals surface area contributed by atoms with Crippen molar-refractivity contribution in [1.82, 2.24) is 19.9 Å². The predicted octanol–water partition coefficient (Wildman–Crippen LogP) is 4.31. The van der Waals surface area contributed by atoms with Crippen molar-refractivity contribution in [1.29, 1.82) is 0 Å². The number of rotatable bonds is 4. The molecule has 5 rings (SSSR count). The first kappa shape index (κ1) is 17.7. The quantitative estimate of drug-likeness (QED) is 0.548. The fraction of sp³-hybridized carbons (Fsp3) is 0.261. The first-order chi connectivity index (χ1) is 14.0. The van der Waals surface area contributed by atoms with Crippen LogP contribution in [-0.2, 0) is 0 Å². The second-order valence-corrected chi connectivity index (χ2v) is 8.03. The van der Waals surface area contributed by atoms with Gasteiger partial charge in [-0.1, -0.05) is 18.2 Å². The minimum atomic E-state index is 0.00315. The highest BCUT2D eigenvalue weighted by Gasteiger charge is 2.24. The molecular weight excluding hydrogens is 362 g/mol. The molecule has 0 radical (unpaired) electrons. The van der Waals surface area contributed by atoms with E-state index in [-0.39, 0.29) is 11.9 Å². The summed E-state index contributed by atoms with van der Waals surface area (Å²) in [5.41, 5.74) is 9.82. The highest BCUT2D eigenvalue weighted by molar-refractivity contribution is 6.03. The molecule has 2 heterocycles. The van der Waals surface area contributed by atoms with Crippen molar-refractivity contribution < 1.29 is 4.79 Å². The Labute approximate surface area is 168 Å². The summed E-state index contributed by atoms with van der Waals surface area (Å²) >= 11 is 0. The largest absolute Gasteiger partial charge is 0.383 e. The predicted molar refractivity (Wildman–Crippen MR) is 116 cm³/mol. The molecular formula is C23H23N5O. The summed E-state index contributed by atoms with van der Waals surface area (Å²) in [6.07, 6.45) is 5.77. The lowest BCUT2D eigenvalue weighted by Crippen LogP contribution is -2.25. The molecule has 6 heteroatoms. The van der Waals surface area contributed by atoms with Crippen molar-refractivity contribution in [2.45, 2.75) is 38.8 Å². The van der Waals surface area contributed by atoms with Gasteiger partial charge in [-0.3, -0.25) is 4.79 Å². The van der Waals surface area contributed by atoms with Crippen LogP contribution in [0.25, 0.3) is 32.9 Å². The molecule has 2 aromatic carbocycles. The van der Waals surface area contributed by atoms with E-state index in [0.717, 1.165) is 45.8 Å². The van der Waals surface area contributed by atoms with Gasteiger partial charge in [0.2, 0.25) is 0 Å². The number of aromatic nitrogens is 3. The smallest absolute Gasteiger partial charge is 0.251 e. The monoisotopic (exact) mass is 385 g/mol. The molecule has 0 saturated heterocycles. The Morgan fingerprint density at radius 1 is 1.14 bits per heavy atom. The van der Waals surface area contributed by atoms with Crippen LogP contribution in [0.3, 0.4) is 0 Å². The summed E-state index contributed by atoms with van der Waals surface area (Å²) in [6, 6.07) is 12.7. The number of nitrogens with zero attached hydrogens (tertiary/aromatic N) is 3. The van der Waals surface area contributed by atoms with Crippen LogP contribution in [0.15, 0.2) is 48.9 Å². The van der Waals surface area contributed by atoms with Crippen molar-refractivity contribution in [3.05, 3.63) is 54.5 Å². The van der Waals surface area contributed by atoms with E-state index in [1.807, 2.05) is 18.2 Å². The maximum Gasteiger partial charge on any atom is 0.251 e. The second-order valence-electron chi connectivity index (χ2n) is 8.03. The Morgan fingerprint density at radius 2 is 1.90 bits per heavy atom. The number of hydrogen-bond donors (Lipinski definition) is 2. The SMILES string of the molecule is CC(C)n1cc(-c2ccc3cc(C(=O)NC4CC4)ccc3c2)c2c(N)ncnc21. The topological polar surface area (TPSA) is 85.8 Å². The lowest BCUT2D eigenvalue weighted by molar-refractivity contribution is 0.0951. The molecule has 6 nitrogen and oxygen atoms in total. The van der Waals surface area contributed by atoms with Gasteiger partial charge < -0.3 is 15.6 Å². The summed E-state index contributed by atoms with van der Waals surface area (Å²) in [6.45, 7) is 4.24. The molecule has 0 spiro atoms. The van der Waals surface area contributed by atoms with Gasteiger partial charge in [0.25, 0.3) is 5.91 Å². The van der Waals surface area contributed by atoms with Gasteiger partial charge in [0, 0.05) is 29.4 Å². The Morgan fingerprint density at radius 3 is 2.66 bits per heavy atom. The van der Waals surface area contributed by atoms with E-state index >= 15 is 0 Å². The van der Waals surface area contributed by atoms with Gasteiger partial charge in [-0.15, -0.1) is 0 Å². The molecule has 4 aromatic rings. The average molecular weight is 385 g/mol. The van der Waals surface area contributed by atoms with E-state index in [0.29, 0.717) is 17.4 Å². The van der Waals surface area contributed by atoms with Crippen molar-refractivity contribution in [3.63, 3.8) is 0 Å². The first-order valence-electron chi connectivity index (χ1n) is 9.97. The zero-order valence-electron chi connectivity index (χ0n) is 16.5. The van der Waals surface area contributed by atoms with Crippen LogP contribution in [0.2, 0.25) is 0 Å². The third-order valence-electron chi connectivity index (χ3n) is 5.52. The Bertz CT molecular complexity index is 1250. The Balaban J connectivity index is 1.59. The summed E-state index contributed by atoms with van der Waals surface area (Å²) in [5, 5.41) is 6.03. The Kier molecular flexibility index (Phi) is 4.01. The molecule has 0 bridgehead atoms. The summed E-state index contributed by atoms with van der Waals surface area (Å²) in [4.78, 5) is 21.0. The third kappa shape index (κ3) is 3.10. The number of amides is 1. The van der Waals surface area contributed by atoms with Gasteiger partial charge in [0.1, 0.15) is 17.8 Å². The van der Waals surface area contributed by atoms with Gasteiger partial charge in [-0.05, 0) is 61.2 Å². The molecule has 1 aliphatic carbocycles. The number of carbonyl (C=O) groups excluding carboxylic acids is 1. The summed E-state index contributed by atoms with van der Waals surface area (Å²) in [7, 11) is 0. The van der Waals surface area contributed by atoms with E-state index < -0.39 is 0 Å². The number of benzene rings is 2. The molecule has 1 fully saturated rings. The van der Waals surface area contributed by atoms with Gasteiger partial charge in [0.05, 0.1) is 5.39 Å². The zero-order valence-corrected chi connectivity index (χ0v) is 16.5. The number of nitrogens with one attached hydrogen (secondary N) is 1. The summed E-state index contributed by atoms with van der Waals surface area (Å²) in [5.74, 6) is 0.486. The zero-order chi connectivity index (χ0) is 20.1. The maximum atomic E-state index is 12.3. The molecule has 0 atom stereocenters. The average Bonchev–Trinajstić information content (AvgIpc) is 3.43. The molecule has 1 amide bonds. The minimum Gasteiger partial charge on any atom is -0.383 e. The normalized spacial score (nSPS) is 14.0. The van der Waals surface area contributed by atoms with Crippen LogP contribution in [-0.4, -0.2) is 26.5 Å². The van der Waals surface area contributed by atoms with Gasteiger partial charge in [0.15, 0.2) is 0 Å². The number of nitrogen functional groups attached to an aromatic ring is 1. The number of nitrogens with two attached hydrogens (primary N) is 1. The van der Waals surface area contributed by atoms with Crippen molar-refractivity contribution >= 4 is 33.5 Å². The fourth-order valence-electron chi connectivity index (χ4n) is 3.77. The molecule has 1 aliphatic rings. The van der Waals surface area contributed by atoms with Gasteiger partial charge in [-0.25, -0.2) is 9.97 Å². The lowest BCUT2D eigenvalue weighted by atomic mass is 10.00. The Hall–Kier alpha value is -3.41. The van der Waals surface area contributed by atoms with Crippen LogP contribution >= 0.6 is 0 Å². The second kappa shape index (κ2) is 6.58. The van der Waals surface area contributed by atoms with Crippen molar-refractivity contribution in [3.8, 4) is 11.1 Å². The lowest BCUT2D eigenvalue weighted by Gasteiger charge is -2.07. The fourth-order valence-corrected chi connectivity index (χ4v) is 3.77. The summed E-state index contributed by atoms with van der Waals surface area (Å²) < 4.78 is 2.12. The molecule has 2 aromatic heterocycles. The maximum absolute atomic E-state index is 12.3. The van der Waals surface area contributed by atoms with Crippen LogP contribution in [0.5, 0.6) is 0 Å². The van der Waals surface area contributed by atoms with E-state index in [4.69, 9.17) is 5.73 Å². The number of fused-ring (bicyclic) bond motifs is 2. The first-order valence-corrected chi connectivity index (χ1v) is 9.97. The molecule has 3 N–H and O–H groups in total. The van der Waals surface area contributed by atoms with Crippen molar-refractivity contribution in [2.75, 3.05) is 5.73 Å². The number of carbonyl (C=O) groups is 1. The molecule has 1 saturated carbocycles. The van der Waals surface area contributed by atoms with E-state index in [2.05, 4.69) is 58.1 Å². The van der Waals surface area contributed by atoms with Crippen LogP contribution < -0.4 is 11.1 Å². The third-order valence-corrected chi connectivity index (χ3v) is 5.52. The van der Waals surface area contributed by atoms with Gasteiger partial charge in [-0.2, -0.15) is 0 Å². The van der Waals surface area contributed by atoms with E-state index in [1.54, 1.807) is 0 Å². The molecule has 0 unspecified atom stereocenters. The molecule has 0 aliphatic heterocycles. The van der Waals surface area contributed by atoms with E-state index in [1.165, 1.54) is 6.33 Å². The standard InChI is InChI=1S/C23H23N5O/c1-13(2)28-11-19(20-21(24)25-12-26-22(20)28)16-5-3-15-10-17(6-4-14(15)9-16)23(29)27-18-7-8-18/h3-6,9-13,18H,7-8H2,1-2H3,(H,27,29)(H2,24,25,26). The van der Waals surface area contributed by atoms with Crippen LogP contribution in [0.4, 0.5) is 5.82 Å². The molecule has 146 valence electrons. The number of hydrogen-bond acceptors (Lipinski definition) is 4. The number of anilines is 1.